The molecule has 1 aromatic carbocycles. The maximum atomic E-state index is 13.3. The summed E-state index contributed by atoms with van der Waals surface area (Å²) in [6, 6.07) is 7.92. The van der Waals surface area contributed by atoms with Gasteiger partial charge < -0.3 is 19.1 Å². The molecule has 7 nitrogen and oxygen atoms in total. The van der Waals surface area contributed by atoms with Crippen molar-refractivity contribution < 1.29 is 23.2 Å². The third-order valence-electron chi connectivity index (χ3n) is 4.37. The van der Waals surface area contributed by atoms with Crippen LogP contribution in [0.3, 0.4) is 0 Å². The van der Waals surface area contributed by atoms with Crippen molar-refractivity contribution in [3.05, 3.63) is 53.2 Å². The summed E-state index contributed by atoms with van der Waals surface area (Å²) >= 11 is 0. The molecule has 0 radical (unpaired) electrons. The van der Waals surface area contributed by atoms with Crippen molar-refractivity contribution in [3.63, 3.8) is 0 Å². The van der Waals surface area contributed by atoms with Crippen molar-refractivity contribution in [1.29, 1.82) is 0 Å². The molecule has 1 aliphatic heterocycles. The third kappa shape index (κ3) is 5.13. The van der Waals surface area contributed by atoms with E-state index in [4.69, 9.17) is 9.26 Å². The van der Waals surface area contributed by atoms with Crippen LogP contribution in [-0.4, -0.2) is 52.5 Å². The lowest BCUT2D eigenvalue weighted by Crippen LogP contribution is -2.38. The van der Waals surface area contributed by atoms with Gasteiger partial charge in [0, 0.05) is 26.1 Å². The van der Waals surface area contributed by atoms with Crippen molar-refractivity contribution in [1.82, 2.24) is 15.0 Å². The second-order valence-corrected chi connectivity index (χ2v) is 6.67. The minimum absolute atomic E-state index is 0.0116. The lowest BCUT2D eigenvalue weighted by atomic mass is 10.2. The first-order chi connectivity index (χ1) is 12.9. The van der Waals surface area contributed by atoms with Crippen LogP contribution in [0.2, 0.25) is 0 Å². The average molecular weight is 375 g/mol. The normalized spacial score (nSPS) is 17.9. The molecule has 144 valence electrons. The molecule has 3 rings (SSSR count). The van der Waals surface area contributed by atoms with Crippen LogP contribution in [0.1, 0.15) is 23.9 Å². The number of amides is 2. The Morgan fingerprint density at radius 3 is 2.85 bits per heavy atom. The highest BCUT2D eigenvalue weighted by atomic mass is 19.1. The molecule has 1 fully saturated rings. The van der Waals surface area contributed by atoms with Gasteiger partial charge in [-0.1, -0.05) is 17.3 Å². The van der Waals surface area contributed by atoms with E-state index >= 15 is 0 Å². The van der Waals surface area contributed by atoms with E-state index < -0.39 is 6.10 Å². The molecule has 2 amide bonds. The van der Waals surface area contributed by atoms with Gasteiger partial charge in [0.2, 0.25) is 11.8 Å². The highest BCUT2D eigenvalue weighted by Gasteiger charge is 2.30. The Kier molecular flexibility index (Phi) is 5.85. The molecule has 2 aromatic rings. The summed E-state index contributed by atoms with van der Waals surface area (Å²) in [7, 11) is 0. The van der Waals surface area contributed by atoms with E-state index in [0.29, 0.717) is 24.4 Å². The van der Waals surface area contributed by atoms with Crippen LogP contribution in [0.4, 0.5) is 4.39 Å². The zero-order valence-corrected chi connectivity index (χ0v) is 15.4. The van der Waals surface area contributed by atoms with Gasteiger partial charge >= 0.3 is 0 Å². The highest BCUT2D eigenvalue weighted by molar-refractivity contribution is 5.84. The van der Waals surface area contributed by atoms with Gasteiger partial charge in [0.25, 0.3) is 0 Å². The number of nitrogens with zero attached hydrogens (tertiary/aromatic N) is 3. The number of benzene rings is 1. The molecule has 1 aromatic heterocycles. The van der Waals surface area contributed by atoms with Gasteiger partial charge in [-0.25, -0.2) is 4.39 Å². The number of halogens is 1. The Hall–Kier alpha value is -2.74. The van der Waals surface area contributed by atoms with Crippen LogP contribution in [0, 0.1) is 12.7 Å². The number of hydrogen-bond acceptors (Lipinski definition) is 5. The average Bonchev–Trinajstić information content (AvgIpc) is 2.95. The third-order valence-corrected chi connectivity index (χ3v) is 4.37. The van der Waals surface area contributed by atoms with Crippen LogP contribution in [-0.2, 0) is 27.5 Å². The molecule has 0 saturated carbocycles. The first kappa shape index (κ1) is 19.0. The summed E-state index contributed by atoms with van der Waals surface area (Å²) in [6.45, 7) is 4.26. The summed E-state index contributed by atoms with van der Waals surface area (Å²) in [5.74, 6) is -0.142. The van der Waals surface area contributed by atoms with Gasteiger partial charge in [0.15, 0.2) is 5.76 Å². The molecular weight excluding hydrogens is 353 g/mol. The van der Waals surface area contributed by atoms with Crippen molar-refractivity contribution in [2.45, 2.75) is 33.1 Å². The minimum atomic E-state index is -0.396. The molecular formula is C19H22FN3O4. The van der Waals surface area contributed by atoms with Gasteiger partial charge in [-0.15, -0.1) is 0 Å². The molecule has 1 saturated heterocycles. The quantitative estimate of drug-likeness (QED) is 0.798. The van der Waals surface area contributed by atoms with Gasteiger partial charge in [0.1, 0.15) is 5.82 Å². The molecule has 8 heteroatoms. The van der Waals surface area contributed by atoms with Crippen molar-refractivity contribution in [2.75, 3.05) is 19.6 Å². The van der Waals surface area contributed by atoms with Gasteiger partial charge in [0.05, 0.1) is 31.5 Å². The van der Waals surface area contributed by atoms with E-state index in [1.807, 2.05) is 0 Å². The second kappa shape index (κ2) is 8.30. The molecule has 1 aliphatic rings. The highest BCUT2D eigenvalue weighted by Crippen LogP contribution is 2.15. The van der Waals surface area contributed by atoms with Crippen LogP contribution in [0.25, 0.3) is 0 Å². The topological polar surface area (TPSA) is 75.9 Å². The van der Waals surface area contributed by atoms with Crippen LogP contribution in [0.5, 0.6) is 0 Å². The van der Waals surface area contributed by atoms with Gasteiger partial charge in [-0.3, -0.25) is 9.59 Å². The van der Waals surface area contributed by atoms with E-state index in [1.54, 1.807) is 30.0 Å². The summed E-state index contributed by atoms with van der Waals surface area (Å²) in [4.78, 5) is 27.5. The van der Waals surface area contributed by atoms with Crippen molar-refractivity contribution >= 4 is 11.8 Å². The zero-order valence-electron chi connectivity index (χ0n) is 15.4. The monoisotopic (exact) mass is 375 g/mol. The largest absolute Gasteiger partial charge is 0.370 e. The lowest BCUT2D eigenvalue weighted by molar-refractivity contribution is -0.138. The SMILES string of the molecule is CC(=O)N1CC(=O)N(Cc2cc(C)no2)CC(OCc2cccc(F)c2)C1. The van der Waals surface area contributed by atoms with Crippen molar-refractivity contribution in [3.8, 4) is 0 Å². The summed E-state index contributed by atoms with van der Waals surface area (Å²) in [5.41, 5.74) is 1.42. The number of hydrogen-bond donors (Lipinski definition) is 0. The fourth-order valence-corrected chi connectivity index (χ4v) is 3.00. The van der Waals surface area contributed by atoms with Crippen LogP contribution < -0.4 is 0 Å². The molecule has 0 aliphatic carbocycles. The predicted molar refractivity (Wildman–Crippen MR) is 93.9 cm³/mol. The predicted octanol–water partition coefficient (Wildman–Crippen LogP) is 1.90. The first-order valence-electron chi connectivity index (χ1n) is 8.72. The summed E-state index contributed by atoms with van der Waals surface area (Å²) < 4.78 is 24.5. The number of carbonyl (C=O) groups is 2. The molecule has 2 heterocycles. The van der Waals surface area contributed by atoms with Crippen LogP contribution in [0.15, 0.2) is 34.9 Å². The van der Waals surface area contributed by atoms with Crippen molar-refractivity contribution in [2.24, 2.45) is 0 Å². The Morgan fingerprint density at radius 2 is 2.19 bits per heavy atom. The zero-order chi connectivity index (χ0) is 19.4. The number of rotatable bonds is 5. The molecule has 1 unspecified atom stereocenters. The standard InChI is InChI=1S/C19H22FN3O4/c1-13-6-17(27-21-13)8-23-10-18(9-22(14(2)24)11-19(23)25)26-12-15-4-3-5-16(20)7-15/h3-7,18H,8-12H2,1-2H3. The van der Waals surface area contributed by atoms with E-state index in [9.17, 15) is 14.0 Å². The maximum Gasteiger partial charge on any atom is 0.242 e. The molecule has 1 atom stereocenters. The number of ether oxygens (including phenoxy) is 1. The minimum Gasteiger partial charge on any atom is -0.370 e. The lowest BCUT2D eigenvalue weighted by Gasteiger charge is -2.24. The second-order valence-electron chi connectivity index (χ2n) is 6.67. The molecule has 0 bridgehead atoms. The van der Waals surface area contributed by atoms with E-state index in [2.05, 4.69) is 5.16 Å². The Balaban J connectivity index is 1.71. The maximum absolute atomic E-state index is 13.3. The van der Waals surface area contributed by atoms with E-state index in [-0.39, 0.29) is 37.3 Å². The molecule has 0 spiro atoms. The Morgan fingerprint density at radius 1 is 1.37 bits per heavy atom. The summed E-state index contributed by atoms with van der Waals surface area (Å²) in [6.07, 6.45) is -0.396. The summed E-state index contributed by atoms with van der Waals surface area (Å²) in [5, 5.41) is 3.83. The molecule has 0 N–H and O–H groups in total. The van der Waals surface area contributed by atoms with Gasteiger partial charge in [-0.2, -0.15) is 0 Å². The number of carbonyl (C=O) groups excluding carboxylic acids is 2. The number of aryl methyl sites for hydroxylation is 1. The Labute approximate surface area is 156 Å². The molecule has 27 heavy (non-hydrogen) atoms. The smallest absolute Gasteiger partial charge is 0.242 e. The fourth-order valence-electron chi connectivity index (χ4n) is 3.00. The van der Waals surface area contributed by atoms with Gasteiger partial charge in [-0.05, 0) is 24.6 Å². The Bertz CT molecular complexity index is 823. The fraction of sp³-hybridized carbons (Fsp3) is 0.421. The first-order valence-corrected chi connectivity index (χ1v) is 8.72. The van der Waals surface area contributed by atoms with E-state index in [0.717, 1.165) is 5.69 Å². The van der Waals surface area contributed by atoms with E-state index in [1.165, 1.54) is 24.0 Å². The van der Waals surface area contributed by atoms with Crippen LogP contribution >= 0.6 is 0 Å². The number of aromatic nitrogens is 1.